The maximum absolute atomic E-state index is 12.7. The summed E-state index contributed by atoms with van der Waals surface area (Å²) in [5.41, 5.74) is -0.0127. The average molecular weight is 432 g/mol. The van der Waals surface area contributed by atoms with E-state index < -0.39 is 44.7 Å². The van der Waals surface area contributed by atoms with Crippen molar-refractivity contribution >= 4 is 28.4 Å². The van der Waals surface area contributed by atoms with Crippen molar-refractivity contribution in [3.05, 3.63) is 68.1 Å². The molecule has 1 heterocycles. The van der Waals surface area contributed by atoms with Gasteiger partial charge in [-0.15, -0.1) is 10.2 Å². The highest BCUT2D eigenvalue weighted by molar-refractivity contribution is 7.74. The van der Waals surface area contributed by atoms with Gasteiger partial charge in [0.2, 0.25) is 5.75 Å². The van der Waals surface area contributed by atoms with Crippen LogP contribution in [0.25, 0.3) is 5.69 Å². The molecule has 13 heteroatoms. The quantitative estimate of drug-likeness (QED) is 0.260. The number of aromatic amines is 1. The summed E-state index contributed by atoms with van der Waals surface area (Å²) in [4.78, 5) is 22.8. The van der Waals surface area contributed by atoms with Crippen LogP contribution in [0.2, 0.25) is 0 Å². The molecule has 1 atom stereocenters. The summed E-state index contributed by atoms with van der Waals surface area (Å²) < 4.78 is 27.1. The number of hydrogen-bond donors (Lipinski definition) is 2. The zero-order valence-corrected chi connectivity index (χ0v) is 16.4. The van der Waals surface area contributed by atoms with Gasteiger partial charge in [0.25, 0.3) is 5.56 Å². The van der Waals surface area contributed by atoms with E-state index in [0.717, 1.165) is 17.7 Å². The third kappa shape index (κ3) is 4.26. The third-order valence-corrected chi connectivity index (χ3v) is 4.32. The summed E-state index contributed by atoms with van der Waals surface area (Å²) in [6, 6.07) is 8.75. The maximum atomic E-state index is 12.7. The summed E-state index contributed by atoms with van der Waals surface area (Å²) in [7, 11) is 0. The highest BCUT2D eigenvalue weighted by atomic mass is 32.2. The predicted molar refractivity (Wildman–Crippen MR) is 104 cm³/mol. The van der Waals surface area contributed by atoms with E-state index in [1.807, 2.05) is 19.1 Å². The minimum atomic E-state index is -3.00. The Balaban J connectivity index is 2.04. The number of aromatic nitrogens is 2. The SMILES string of the molecule is Cc1ccc(-n2[nH]c(C)c(N=Nc3cc(OS(=O)[O-])cc([N+](=O)[O-])c3O)c2=O)cc1. The molecule has 0 amide bonds. The van der Waals surface area contributed by atoms with Crippen molar-refractivity contribution in [2.75, 3.05) is 0 Å². The van der Waals surface area contributed by atoms with Crippen LogP contribution in [0.15, 0.2) is 51.4 Å². The van der Waals surface area contributed by atoms with Gasteiger partial charge in [0.05, 0.1) is 22.4 Å². The summed E-state index contributed by atoms with van der Waals surface area (Å²) >= 11 is -3.00. The molecule has 3 rings (SSSR count). The van der Waals surface area contributed by atoms with Crippen molar-refractivity contribution in [3.8, 4) is 17.2 Å². The summed E-state index contributed by atoms with van der Waals surface area (Å²) in [6.45, 7) is 3.47. The first-order chi connectivity index (χ1) is 14.2. The third-order valence-electron chi connectivity index (χ3n) is 3.99. The number of nitro benzene ring substituents is 1. The van der Waals surface area contributed by atoms with E-state index in [2.05, 4.69) is 19.5 Å². The molecular weight excluding hydrogens is 418 g/mol. The Hall–Kier alpha value is -3.84. The average Bonchev–Trinajstić information content (AvgIpc) is 2.95. The maximum Gasteiger partial charge on any atom is 0.316 e. The molecule has 0 spiro atoms. The molecule has 3 aromatic rings. The van der Waals surface area contributed by atoms with E-state index >= 15 is 0 Å². The van der Waals surface area contributed by atoms with Crippen molar-refractivity contribution < 1.29 is 23.0 Å². The van der Waals surface area contributed by atoms with Crippen molar-refractivity contribution in [2.45, 2.75) is 13.8 Å². The molecule has 0 radical (unpaired) electrons. The van der Waals surface area contributed by atoms with E-state index in [0.29, 0.717) is 11.4 Å². The molecule has 0 saturated heterocycles. The van der Waals surface area contributed by atoms with Crippen LogP contribution >= 0.6 is 0 Å². The smallest absolute Gasteiger partial charge is 0.316 e. The monoisotopic (exact) mass is 432 g/mol. The van der Waals surface area contributed by atoms with E-state index in [9.17, 15) is 28.8 Å². The van der Waals surface area contributed by atoms with Gasteiger partial charge in [-0.1, -0.05) is 17.7 Å². The second kappa shape index (κ2) is 8.26. The number of nitrogens with zero attached hydrogens (tertiary/aromatic N) is 4. The standard InChI is InChI=1S/C17H15N5O7S/c1-9-3-5-11(6-4-9)21-17(24)15(10(2)20-21)19-18-13-7-12(29-30(27)28)8-14(16(13)23)22(25)26/h3-8,20,23H,1-2H3,(H,27,28)/p-1. The number of nitrogens with one attached hydrogen (secondary N) is 1. The van der Waals surface area contributed by atoms with E-state index in [4.69, 9.17) is 0 Å². The predicted octanol–water partition coefficient (Wildman–Crippen LogP) is 2.98. The first-order valence-electron chi connectivity index (χ1n) is 8.26. The van der Waals surface area contributed by atoms with Crippen LogP contribution in [-0.2, 0) is 11.4 Å². The molecule has 0 aliphatic rings. The molecule has 0 aliphatic carbocycles. The number of hydrogen-bond acceptors (Lipinski definition) is 9. The fourth-order valence-corrected chi connectivity index (χ4v) is 2.81. The Morgan fingerprint density at radius 1 is 1.20 bits per heavy atom. The molecule has 30 heavy (non-hydrogen) atoms. The topological polar surface area (TPSA) is 175 Å². The number of rotatable bonds is 6. The highest BCUT2D eigenvalue weighted by Gasteiger charge is 2.21. The van der Waals surface area contributed by atoms with E-state index in [1.165, 1.54) is 4.68 Å². The van der Waals surface area contributed by atoms with Gasteiger partial charge in [-0.2, -0.15) is 0 Å². The van der Waals surface area contributed by atoms with Gasteiger partial charge in [0.15, 0.2) is 5.69 Å². The van der Waals surface area contributed by atoms with Gasteiger partial charge in [0.1, 0.15) is 22.8 Å². The molecule has 2 aromatic carbocycles. The lowest BCUT2D eigenvalue weighted by Crippen LogP contribution is -2.13. The largest absolute Gasteiger partial charge is 0.740 e. The number of aryl methyl sites for hydroxylation is 2. The summed E-state index contributed by atoms with van der Waals surface area (Å²) in [6.07, 6.45) is 0. The van der Waals surface area contributed by atoms with Crippen LogP contribution in [-0.4, -0.2) is 28.6 Å². The molecule has 156 valence electrons. The number of aromatic hydroxyl groups is 1. The van der Waals surface area contributed by atoms with E-state index in [1.54, 1.807) is 19.1 Å². The molecule has 0 fully saturated rings. The summed E-state index contributed by atoms with van der Waals surface area (Å²) in [5, 5.41) is 31.4. The minimum absolute atomic E-state index is 0.101. The number of phenols is 1. The Labute approximate surface area is 171 Å². The number of nitro groups is 1. The lowest BCUT2D eigenvalue weighted by Gasteiger charge is -2.08. The fraction of sp³-hybridized carbons (Fsp3) is 0.118. The van der Waals surface area contributed by atoms with Crippen molar-refractivity contribution in [1.29, 1.82) is 0 Å². The van der Waals surface area contributed by atoms with Crippen LogP contribution in [0, 0.1) is 24.0 Å². The zero-order valence-electron chi connectivity index (χ0n) is 15.6. The molecule has 0 bridgehead atoms. The zero-order chi connectivity index (χ0) is 22.0. The molecule has 0 saturated carbocycles. The Kier molecular flexibility index (Phi) is 5.75. The van der Waals surface area contributed by atoms with Crippen molar-refractivity contribution in [1.82, 2.24) is 9.78 Å². The normalized spacial score (nSPS) is 12.2. The van der Waals surface area contributed by atoms with Gasteiger partial charge >= 0.3 is 5.69 Å². The molecule has 12 nitrogen and oxygen atoms in total. The fourth-order valence-electron chi connectivity index (χ4n) is 2.56. The van der Waals surface area contributed by atoms with Crippen LogP contribution in [0.5, 0.6) is 11.5 Å². The van der Waals surface area contributed by atoms with Gasteiger partial charge < -0.3 is 13.8 Å². The lowest BCUT2D eigenvalue weighted by molar-refractivity contribution is -0.385. The van der Waals surface area contributed by atoms with Crippen LogP contribution in [0.4, 0.5) is 17.1 Å². The second-order valence-electron chi connectivity index (χ2n) is 6.12. The number of phenolic OH excluding ortho intramolecular Hbond substituents is 1. The molecule has 1 unspecified atom stereocenters. The van der Waals surface area contributed by atoms with Gasteiger partial charge in [-0.25, -0.2) is 8.89 Å². The van der Waals surface area contributed by atoms with Crippen molar-refractivity contribution in [3.63, 3.8) is 0 Å². The molecule has 2 N–H and O–H groups in total. The van der Waals surface area contributed by atoms with Crippen LogP contribution in [0.3, 0.4) is 0 Å². The minimum Gasteiger partial charge on any atom is -0.740 e. The van der Waals surface area contributed by atoms with Crippen LogP contribution in [0.1, 0.15) is 11.3 Å². The molecule has 0 aliphatic heterocycles. The Morgan fingerprint density at radius 3 is 2.47 bits per heavy atom. The first kappa shape index (κ1) is 20.9. The first-order valence-corrected chi connectivity index (χ1v) is 9.26. The number of benzene rings is 2. The van der Waals surface area contributed by atoms with Gasteiger partial charge in [0, 0.05) is 6.07 Å². The summed E-state index contributed by atoms with van der Waals surface area (Å²) in [5.74, 6) is -1.32. The second-order valence-corrected chi connectivity index (χ2v) is 6.69. The highest BCUT2D eigenvalue weighted by Crippen LogP contribution is 2.40. The lowest BCUT2D eigenvalue weighted by atomic mass is 10.2. The van der Waals surface area contributed by atoms with Crippen molar-refractivity contribution in [2.24, 2.45) is 10.2 Å². The molecular formula is C17H14N5O7S-. The van der Waals surface area contributed by atoms with Crippen LogP contribution < -0.4 is 9.74 Å². The van der Waals surface area contributed by atoms with E-state index in [-0.39, 0.29) is 5.69 Å². The number of H-pyrrole nitrogens is 1. The van der Waals surface area contributed by atoms with Gasteiger partial charge in [-0.05, 0) is 26.0 Å². The Bertz CT molecular complexity index is 1230. The molecule has 1 aromatic heterocycles. The Morgan fingerprint density at radius 2 is 1.87 bits per heavy atom. The number of azo groups is 1. The van der Waals surface area contributed by atoms with Gasteiger partial charge in [-0.3, -0.25) is 20.0 Å².